The van der Waals surface area contributed by atoms with Crippen molar-refractivity contribution in [2.75, 3.05) is 7.11 Å². The topological polar surface area (TPSA) is 29.5 Å². The van der Waals surface area contributed by atoms with Crippen LogP contribution in [-0.2, 0) is 4.74 Å². The van der Waals surface area contributed by atoms with E-state index in [1.807, 2.05) is 21.0 Å². The SMILES string of the molecule is COC12CCCC1(C(C)(C)O)C1CCC2C1. The van der Waals surface area contributed by atoms with Crippen molar-refractivity contribution >= 4 is 0 Å². The van der Waals surface area contributed by atoms with Crippen LogP contribution in [0.2, 0.25) is 0 Å². The molecule has 0 aromatic heterocycles. The van der Waals surface area contributed by atoms with Crippen LogP contribution in [0, 0.1) is 17.3 Å². The zero-order valence-corrected chi connectivity index (χ0v) is 10.8. The summed E-state index contributed by atoms with van der Waals surface area (Å²) in [6, 6.07) is 0. The summed E-state index contributed by atoms with van der Waals surface area (Å²) in [7, 11) is 1.87. The van der Waals surface area contributed by atoms with Gasteiger partial charge in [-0.15, -0.1) is 0 Å². The molecule has 2 nitrogen and oxygen atoms in total. The van der Waals surface area contributed by atoms with Crippen LogP contribution < -0.4 is 0 Å². The Hall–Kier alpha value is -0.0800. The fourth-order valence-corrected chi connectivity index (χ4v) is 5.81. The lowest BCUT2D eigenvalue weighted by atomic mass is 9.57. The van der Waals surface area contributed by atoms with E-state index in [-0.39, 0.29) is 11.0 Å². The third kappa shape index (κ3) is 0.932. The molecule has 2 bridgehead atoms. The summed E-state index contributed by atoms with van der Waals surface area (Å²) in [6.07, 6.45) is 7.46. The molecule has 3 fully saturated rings. The van der Waals surface area contributed by atoms with E-state index >= 15 is 0 Å². The van der Waals surface area contributed by atoms with E-state index in [0.29, 0.717) is 11.8 Å². The zero-order valence-electron chi connectivity index (χ0n) is 10.8. The maximum atomic E-state index is 10.7. The monoisotopic (exact) mass is 224 g/mol. The fraction of sp³-hybridized carbons (Fsp3) is 1.00. The standard InChI is InChI=1S/C14H24O2/c1-12(2,15)13-7-4-8-14(13,16-3)11-6-5-10(13)9-11/h10-11,15H,4-9H2,1-3H3. The first kappa shape index (κ1) is 11.0. The smallest absolute Gasteiger partial charge is 0.0792 e. The van der Waals surface area contributed by atoms with E-state index in [1.165, 1.54) is 25.7 Å². The van der Waals surface area contributed by atoms with Crippen LogP contribution in [0.3, 0.4) is 0 Å². The van der Waals surface area contributed by atoms with Gasteiger partial charge in [0.1, 0.15) is 0 Å². The minimum absolute atomic E-state index is 0.00579. The van der Waals surface area contributed by atoms with E-state index < -0.39 is 5.60 Å². The first-order chi connectivity index (χ1) is 7.48. The summed E-state index contributed by atoms with van der Waals surface area (Å²) in [5.74, 6) is 1.40. The summed E-state index contributed by atoms with van der Waals surface area (Å²) in [5, 5.41) is 10.7. The van der Waals surface area contributed by atoms with Gasteiger partial charge in [0.2, 0.25) is 0 Å². The molecule has 4 unspecified atom stereocenters. The lowest BCUT2D eigenvalue weighted by molar-refractivity contribution is -0.205. The molecule has 0 radical (unpaired) electrons. The van der Waals surface area contributed by atoms with Gasteiger partial charge < -0.3 is 9.84 Å². The predicted molar refractivity (Wildman–Crippen MR) is 63.2 cm³/mol. The van der Waals surface area contributed by atoms with Crippen LogP contribution in [0.1, 0.15) is 52.4 Å². The van der Waals surface area contributed by atoms with Crippen molar-refractivity contribution in [3.63, 3.8) is 0 Å². The number of ether oxygens (including phenoxy) is 1. The number of hydrogen-bond acceptors (Lipinski definition) is 2. The van der Waals surface area contributed by atoms with E-state index in [4.69, 9.17) is 4.74 Å². The van der Waals surface area contributed by atoms with Crippen molar-refractivity contribution in [2.45, 2.75) is 63.6 Å². The Morgan fingerprint density at radius 1 is 1.19 bits per heavy atom. The molecule has 4 atom stereocenters. The number of hydrogen-bond donors (Lipinski definition) is 1. The quantitative estimate of drug-likeness (QED) is 0.781. The van der Waals surface area contributed by atoms with Gasteiger partial charge in [-0.05, 0) is 64.2 Å². The maximum Gasteiger partial charge on any atom is 0.0792 e. The maximum absolute atomic E-state index is 10.7. The normalized spacial score (nSPS) is 51.0. The molecule has 0 saturated heterocycles. The molecule has 3 aliphatic rings. The van der Waals surface area contributed by atoms with Gasteiger partial charge in [-0.1, -0.05) is 0 Å². The van der Waals surface area contributed by atoms with E-state index in [1.54, 1.807) is 0 Å². The van der Waals surface area contributed by atoms with Crippen molar-refractivity contribution < 1.29 is 9.84 Å². The van der Waals surface area contributed by atoms with Crippen LogP contribution >= 0.6 is 0 Å². The molecular weight excluding hydrogens is 200 g/mol. The number of rotatable bonds is 2. The van der Waals surface area contributed by atoms with Gasteiger partial charge in [-0.25, -0.2) is 0 Å². The summed E-state index contributed by atoms with van der Waals surface area (Å²) < 4.78 is 6.03. The highest BCUT2D eigenvalue weighted by molar-refractivity contribution is 5.23. The second kappa shape index (κ2) is 3.02. The minimum Gasteiger partial charge on any atom is -0.390 e. The van der Waals surface area contributed by atoms with Crippen molar-refractivity contribution in [3.8, 4) is 0 Å². The highest BCUT2D eigenvalue weighted by Crippen LogP contribution is 2.73. The van der Waals surface area contributed by atoms with Gasteiger partial charge in [-0.2, -0.15) is 0 Å². The Balaban J connectivity index is 2.13. The van der Waals surface area contributed by atoms with Crippen molar-refractivity contribution in [1.82, 2.24) is 0 Å². The first-order valence-electron chi connectivity index (χ1n) is 6.75. The average Bonchev–Trinajstić information content (AvgIpc) is 2.87. The molecule has 16 heavy (non-hydrogen) atoms. The zero-order chi connectivity index (χ0) is 11.6. The van der Waals surface area contributed by atoms with Crippen molar-refractivity contribution in [2.24, 2.45) is 17.3 Å². The Morgan fingerprint density at radius 3 is 2.44 bits per heavy atom. The van der Waals surface area contributed by atoms with E-state index in [2.05, 4.69) is 0 Å². The lowest BCUT2D eigenvalue weighted by Crippen LogP contribution is -2.60. The van der Waals surface area contributed by atoms with Gasteiger partial charge in [-0.3, -0.25) is 0 Å². The molecule has 1 N–H and O–H groups in total. The molecule has 0 amide bonds. The van der Waals surface area contributed by atoms with Crippen LogP contribution in [-0.4, -0.2) is 23.4 Å². The van der Waals surface area contributed by atoms with Gasteiger partial charge in [0, 0.05) is 12.5 Å². The van der Waals surface area contributed by atoms with E-state index in [9.17, 15) is 5.11 Å². The van der Waals surface area contributed by atoms with Gasteiger partial charge >= 0.3 is 0 Å². The number of methoxy groups -OCH3 is 1. The fourth-order valence-electron chi connectivity index (χ4n) is 5.81. The van der Waals surface area contributed by atoms with Gasteiger partial charge in [0.05, 0.1) is 11.2 Å². The Kier molecular flexibility index (Phi) is 2.09. The summed E-state index contributed by atoms with van der Waals surface area (Å²) in [5.41, 5.74) is -0.564. The molecule has 3 rings (SSSR count). The molecule has 0 aromatic rings. The predicted octanol–water partition coefficient (Wildman–Crippen LogP) is 2.74. The third-order valence-corrected chi connectivity index (χ3v) is 6.12. The van der Waals surface area contributed by atoms with Crippen LogP contribution in [0.15, 0.2) is 0 Å². The lowest BCUT2D eigenvalue weighted by Gasteiger charge is -2.54. The first-order valence-corrected chi connectivity index (χ1v) is 6.75. The molecule has 0 heterocycles. The molecule has 92 valence electrons. The summed E-state index contributed by atoms with van der Waals surface area (Å²) >= 11 is 0. The number of fused-ring (bicyclic) bond motifs is 5. The summed E-state index contributed by atoms with van der Waals surface area (Å²) in [4.78, 5) is 0. The molecule has 3 aliphatic carbocycles. The van der Waals surface area contributed by atoms with Crippen molar-refractivity contribution in [1.29, 1.82) is 0 Å². The number of aliphatic hydroxyl groups is 1. The van der Waals surface area contributed by atoms with Gasteiger partial charge in [0.15, 0.2) is 0 Å². The van der Waals surface area contributed by atoms with E-state index in [0.717, 1.165) is 12.8 Å². The highest BCUT2D eigenvalue weighted by Gasteiger charge is 2.74. The van der Waals surface area contributed by atoms with Crippen LogP contribution in [0.5, 0.6) is 0 Å². The van der Waals surface area contributed by atoms with Crippen LogP contribution in [0.25, 0.3) is 0 Å². The Morgan fingerprint density at radius 2 is 1.88 bits per heavy atom. The Bertz CT molecular complexity index is 306. The largest absolute Gasteiger partial charge is 0.390 e. The Labute approximate surface area is 98.4 Å². The molecule has 3 saturated carbocycles. The second-order valence-corrected chi connectivity index (χ2v) is 6.68. The molecule has 0 aliphatic heterocycles. The second-order valence-electron chi connectivity index (χ2n) is 6.68. The van der Waals surface area contributed by atoms with Crippen LogP contribution in [0.4, 0.5) is 0 Å². The summed E-state index contributed by atoms with van der Waals surface area (Å²) in [6.45, 7) is 4.01. The molecule has 0 aromatic carbocycles. The average molecular weight is 224 g/mol. The molecule has 0 spiro atoms. The van der Waals surface area contributed by atoms with Crippen molar-refractivity contribution in [3.05, 3.63) is 0 Å². The molecular formula is C14H24O2. The molecule has 2 heteroatoms. The highest BCUT2D eigenvalue weighted by atomic mass is 16.5. The third-order valence-electron chi connectivity index (χ3n) is 6.12. The minimum atomic E-state index is -0.598. The van der Waals surface area contributed by atoms with Gasteiger partial charge in [0.25, 0.3) is 0 Å².